The Labute approximate surface area is 140 Å². The topological polar surface area (TPSA) is 118 Å². The third-order valence-electron chi connectivity index (χ3n) is 3.97. The van der Waals surface area contributed by atoms with Crippen LogP contribution in [0.3, 0.4) is 0 Å². The standard InChI is InChI=1S/C16H14N6O3/c1-8(13-21-20-10-5-3-4-6-22(10)13)19-15(24)11-9(2)25-16-12(11)14(23)17-7-18-16/h3-8H,1-2H3,(H,19,24)(H,17,18,23)/t8-/m0/s1. The summed E-state index contributed by atoms with van der Waals surface area (Å²) < 4.78 is 7.21. The van der Waals surface area contributed by atoms with E-state index in [0.717, 1.165) is 0 Å². The zero-order chi connectivity index (χ0) is 17.6. The van der Waals surface area contributed by atoms with E-state index < -0.39 is 17.5 Å². The third kappa shape index (κ3) is 2.36. The van der Waals surface area contributed by atoms with Crippen LogP contribution in [0.15, 0.2) is 39.9 Å². The molecule has 1 amide bonds. The molecule has 25 heavy (non-hydrogen) atoms. The van der Waals surface area contributed by atoms with Crippen LogP contribution in [0.1, 0.15) is 34.9 Å². The number of nitrogens with one attached hydrogen (secondary N) is 2. The summed E-state index contributed by atoms with van der Waals surface area (Å²) in [5.41, 5.74) is 0.564. The molecule has 4 aromatic heterocycles. The third-order valence-corrected chi connectivity index (χ3v) is 3.97. The van der Waals surface area contributed by atoms with Crippen LogP contribution >= 0.6 is 0 Å². The fourth-order valence-corrected chi connectivity index (χ4v) is 2.82. The van der Waals surface area contributed by atoms with E-state index in [1.54, 1.807) is 18.2 Å². The maximum atomic E-state index is 12.7. The number of amides is 1. The Morgan fingerprint density at radius 2 is 2.20 bits per heavy atom. The van der Waals surface area contributed by atoms with E-state index in [2.05, 4.69) is 25.5 Å². The highest BCUT2D eigenvalue weighted by atomic mass is 16.3. The van der Waals surface area contributed by atoms with E-state index in [1.165, 1.54) is 6.33 Å². The first-order chi connectivity index (χ1) is 12.1. The number of rotatable bonds is 3. The number of H-pyrrole nitrogens is 1. The van der Waals surface area contributed by atoms with Crippen LogP contribution < -0.4 is 10.9 Å². The number of pyridine rings is 1. The highest BCUT2D eigenvalue weighted by Crippen LogP contribution is 2.21. The molecule has 0 unspecified atom stereocenters. The summed E-state index contributed by atoms with van der Waals surface area (Å²) in [4.78, 5) is 31.2. The molecule has 0 bridgehead atoms. The van der Waals surface area contributed by atoms with Gasteiger partial charge in [0.25, 0.3) is 11.5 Å². The van der Waals surface area contributed by atoms with E-state index in [4.69, 9.17) is 4.42 Å². The number of aromatic nitrogens is 5. The van der Waals surface area contributed by atoms with Crippen molar-refractivity contribution in [2.24, 2.45) is 0 Å². The van der Waals surface area contributed by atoms with Crippen molar-refractivity contribution in [2.75, 3.05) is 0 Å². The Balaban J connectivity index is 1.71. The highest BCUT2D eigenvalue weighted by molar-refractivity contribution is 6.06. The van der Waals surface area contributed by atoms with Crippen LogP contribution in [-0.4, -0.2) is 30.5 Å². The number of hydrogen-bond acceptors (Lipinski definition) is 6. The van der Waals surface area contributed by atoms with Gasteiger partial charge < -0.3 is 14.7 Å². The van der Waals surface area contributed by atoms with Crippen molar-refractivity contribution in [1.82, 2.24) is 29.9 Å². The van der Waals surface area contributed by atoms with Crippen molar-refractivity contribution in [1.29, 1.82) is 0 Å². The minimum absolute atomic E-state index is 0.131. The second kappa shape index (κ2) is 5.55. The number of carbonyl (C=O) groups excluding carboxylic acids is 1. The summed E-state index contributed by atoms with van der Waals surface area (Å²) in [6.45, 7) is 3.41. The van der Waals surface area contributed by atoms with E-state index >= 15 is 0 Å². The van der Waals surface area contributed by atoms with Crippen LogP contribution in [0.5, 0.6) is 0 Å². The van der Waals surface area contributed by atoms with Crippen LogP contribution in [-0.2, 0) is 0 Å². The van der Waals surface area contributed by atoms with E-state index in [1.807, 2.05) is 24.4 Å². The van der Waals surface area contributed by atoms with E-state index in [-0.39, 0.29) is 16.7 Å². The van der Waals surface area contributed by atoms with Gasteiger partial charge in [0, 0.05) is 6.20 Å². The van der Waals surface area contributed by atoms with Gasteiger partial charge in [-0.1, -0.05) is 6.07 Å². The van der Waals surface area contributed by atoms with E-state index in [9.17, 15) is 9.59 Å². The molecule has 9 heteroatoms. The smallest absolute Gasteiger partial charge is 0.262 e. The molecule has 2 N–H and O–H groups in total. The molecule has 0 aliphatic rings. The Kier molecular flexibility index (Phi) is 3.34. The lowest BCUT2D eigenvalue weighted by Crippen LogP contribution is -2.29. The van der Waals surface area contributed by atoms with Crippen LogP contribution in [0.4, 0.5) is 0 Å². The maximum Gasteiger partial charge on any atom is 0.262 e. The lowest BCUT2D eigenvalue weighted by molar-refractivity contribution is 0.0938. The first kappa shape index (κ1) is 15.1. The Hall–Kier alpha value is -3.49. The van der Waals surface area contributed by atoms with Crippen molar-refractivity contribution in [3.8, 4) is 0 Å². The number of aryl methyl sites for hydroxylation is 1. The maximum absolute atomic E-state index is 12.7. The largest absolute Gasteiger partial charge is 0.442 e. The molecule has 9 nitrogen and oxygen atoms in total. The first-order valence-electron chi connectivity index (χ1n) is 7.63. The number of aromatic amines is 1. The van der Waals surface area contributed by atoms with Gasteiger partial charge in [-0.3, -0.25) is 14.0 Å². The molecule has 4 rings (SSSR count). The first-order valence-corrected chi connectivity index (χ1v) is 7.63. The quantitative estimate of drug-likeness (QED) is 0.582. The molecule has 4 heterocycles. The second-order valence-electron chi connectivity index (χ2n) is 5.63. The van der Waals surface area contributed by atoms with Crippen molar-refractivity contribution < 1.29 is 9.21 Å². The van der Waals surface area contributed by atoms with Crippen LogP contribution in [0.2, 0.25) is 0 Å². The molecular weight excluding hydrogens is 324 g/mol. The Morgan fingerprint density at radius 1 is 1.36 bits per heavy atom. The van der Waals surface area contributed by atoms with Gasteiger partial charge >= 0.3 is 0 Å². The molecule has 0 spiro atoms. The zero-order valence-corrected chi connectivity index (χ0v) is 13.5. The summed E-state index contributed by atoms with van der Waals surface area (Å²) in [7, 11) is 0. The predicted octanol–water partition coefficient (Wildman–Crippen LogP) is 1.36. The summed E-state index contributed by atoms with van der Waals surface area (Å²) in [6.07, 6.45) is 3.06. The summed E-state index contributed by atoms with van der Waals surface area (Å²) in [5.74, 6) is 0.478. The number of nitrogens with zero attached hydrogens (tertiary/aromatic N) is 4. The molecule has 0 fully saturated rings. The molecular formula is C16H14N6O3. The Bertz CT molecular complexity index is 1160. The normalized spacial score (nSPS) is 12.6. The van der Waals surface area contributed by atoms with Gasteiger partial charge in [-0.05, 0) is 26.0 Å². The monoisotopic (exact) mass is 338 g/mol. The van der Waals surface area contributed by atoms with Crippen molar-refractivity contribution in [3.05, 3.63) is 58.2 Å². The zero-order valence-electron chi connectivity index (χ0n) is 13.5. The predicted molar refractivity (Wildman–Crippen MR) is 88.2 cm³/mol. The molecule has 0 aliphatic heterocycles. The second-order valence-corrected chi connectivity index (χ2v) is 5.63. The van der Waals surface area contributed by atoms with Crippen LogP contribution in [0.25, 0.3) is 16.7 Å². The highest BCUT2D eigenvalue weighted by Gasteiger charge is 2.24. The lowest BCUT2D eigenvalue weighted by atomic mass is 10.1. The fourth-order valence-electron chi connectivity index (χ4n) is 2.82. The average molecular weight is 338 g/mol. The summed E-state index contributed by atoms with van der Waals surface area (Å²) in [6, 6.07) is 5.11. The number of carbonyl (C=O) groups is 1. The molecule has 0 aromatic carbocycles. The minimum atomic E-state index is -0.435. The lowest BCUT2D eigenvalue weighted by Gasteiger charge is -2.12. The van der Waals surface area contributed by atoms with Gasteiger partial charge in [-0.2, -0.15) is 0 Å². The fraction of sp³-hybridized carbons (Fsp3) is 0.188. The van der Waals surface area contributed by atoms with Crippen molar-refractivity contribution >= 4 is 22.7 Å². The molecule has 126 valence electrons. The molecule has 0 saturated carbocycles. The van der Waals surface area contributed by atoms with E-state index in [0.29, 0.717) is 17.2 Å². The number of fused-ring (bicyclic) bond motifs is 2. The molecule has 0 radical (unpaired) electrons. The number of hydrogen-bond donors (Lipinski definition) is 2. The van der Waals surface area contributed by atoms with Gasteiger partial charge in [0.1, 0.15) is 11.1 Å². The van der Waals surface area contributed by atoms with Gasteiger partial charge in [0.2, 0.25) is 5.71 Å². The minimum Gasteiger partial charge on any atom is -0.442 e. The molecule has 4 aromatic rings. The Morgan fingerprint density at radius 3 is 3.04 bits per heavy atom. The summed E-state index contributed by atoms with van der Waals surface area (Å²) in [5, 5.41) is 11.2. The van der Waals surface area contributed by atoms with Crippen molar-refractivity contribution in [3.63, 3.8) is 0 Å². The molecule has 0 aliphatic carbocycles. The van der Waals surface area contributed by atoms with Gasteiger partial charge in [0.05, 0.1) is 17.9 Å². The SMILES string of the molecule is Cc1oc2nc[nH]c(=O)c2c1C(=O)N[C@@H](C)c1nnc2ccccn12. The van der Waals surface area contributed by atoms with Gasteiger partial charge in [-0.25, -0.2) is 4.98 Å². The van der Waals surface area contributed by atoms with Gasteiger partial charge in [0.15, 0.2) is 11.5 Å². The van der Waals surface area contributed by atoms with Gasteiger partial charge in [-0.15, -0.1) is 10.2 Å². The summed E-state index contributed by atoms with van der Waals surface area (Å²) >= 11 is 0. The van der Waals surface area contributed by atoms with Crippen LogP contribution in [0, 0.1) is 6.92 Å². The molecule has 0 saturated heterocycles. The number of furan rings is 1. The molecule has 1 atom stereocenters. The average Bonchev–Trinajstić information content (AvgIpc) is 3.16. The van der Waals surface area contributed by atoms with Crippen molar-refractivity contribution in [2.45, 2.75) is 19.9 Å².